The van der Waals surface area contributed by atoms with Crippen molar-refractivity contribution in [1.29, 1.82) is 0 Å². The predicted molar refractivity (Wildman–Crippen MR) is 125 cm³/mol. The van der Waals surface area contributed by atoms with Crippen LogP contribution in [0.5, 0.6) is 0 Å². The van der Waals surface area contributed by atoms with E-state index in [-0.39, 0.29) is 17.6 Å². The third kappa shape index (κ3) is 4.28. The number of carbonyl (C=O) groups is 2. The summed E-state index contributed by atoms with van der Waals surface area (Å²) < 4.78 is 0.941. The topological polar surface area (TPSA) is 120 Å². The molecule has 0 aliphatic rings. The van der Waals surface area contributed by atoms with E-state index in [4.69, 9.17) is 5.73 Å². The molecule has 3 N–H and O–H groups in total. The Labute approximate surface area is 187 Å². The second-order valence-corrected chi connectivity index (χ2v) is 8.44. The number of aromatic nitrogens is 3. The van der Waals surface area contributed by atoms with Crippen molar-refractivity contribution in [2.45, 2.75) is 26.3 Å². The average Bonchev–Trinajstić information content (AvgIpc) is 3.24. The fraction of sp³-hybridized carbons (Fsp3) is 0.174. The van der Waals surface area contributed by atoms with Crippen molar-refractivity contribution in [3.63, 3.8) is 0 Å². The zero-order valence-corrected chi connectivity index (χ0v) is 18.3. The molecule has 4 aromatic rings. The Morgan fingerprint density at radius 1 is 1.09 bits per heavy atom. The number of benzene rings is 2. The number of hydrogen-bond donors (Lipinski definition) is 2. The van der Waals surface area contributed by atoms with Crippen molar-refractivity contribution >= 4 is 39.1 Å². The molecule has 2 aromatic heterocycles. The first-order valence-electron chi connectivity index (χ1n) is 9.99. The Bertz CT molecular complexity index is 1370. The lowest BCUT2D eigenvalue weighted by molar-refractivity contribution is -0.117. The van der Waals surface area contributed by atoms with Gasteiger partial charge < -0.3 is 11.1 Å². The summed E-state index contributed by atoms with van der Waals surface area (Å²) in [7, 11) is 0. The summed E-state index contributed by atoms with van der Waals surface area (Å²) in [5.74, 6) is -0.818. The van der Waals surface area contributed by atoms with Gasteiger partial charge in [0.05, 0.1) is 11.1 Å². The number of nitrogens with zero attached hydrogens (tertiary/aromatic N) is 3. The molecule has 9 heteroatoms. The van der Waals surface area contributed by atoms with E-state index in [1.807, 2.05) is 17.5 Å². The van der Waals surface area contributed by atoms with Gasteiger partial charge in [0.1, 0.15) is 6.54 Å². The molecule has 2 heterocycles. The predicted octanol–water partition coefficient (Wildman–Crippen LogP) is 3.38. The lowest BCUT2D eigenvalue weighted by atomic mass is 10.0. The van der Waals surface area contributed by atoms with Gasteiger partial charge in [0, 0.05) is 16.3 Å². The molecule has 2 aromatic carbocycles. The number of amides is 2. The van der Waals surface area contributed by atoms with E-state index in [2.05, 4.69) is 41.4 Å². The number of anilines is 1. The molecular weight excluding hydrogens is 426 g/mol. The summed E-state index contributed by atoms with van der Waals surface area (Å²) >= 11 is 1.28. The Morgan fingerprint density at radius 2 is 1.78 bits per heavy atom. The molecule has 8 nitrogen and oxygen atoms in total. The fourth-order valence-corrected chi connectivity index (χ4v) is 4.06. The number of primary amides is 1. The first-order chi connectivity index (χ1) is 15.3. The summed E-state index contributed by atoms with van der Waals surface area (Å²) in [6.45, 7) is 3.89. The highest BCUT2D eigenvalue weighted by atomic mass is 32.1. The zero-order valence-electron chi connectivity index (χ0n) is 17.5. The molecular formula is C23H21N5O3S. The number of nitrogens with two attached hydrogens (primary N) is 1. The molecule has 0 fully saturated rings. The normalized spacial score (nSPS) is 11.1. The van der Waals surface area contributed by atoms with E-state index in [0.29, 0.717) is 16.4 Å². The second kappa shape index (κ2) is 8.72. The summed E-state index contributed by atoms with van der Waals surface area (Å²) in [6, 6.07) is 14.6. The average molecular weight is 448 g/mol. The van der Waals surface area contributed by atoms with E-state index in [1.165, 1.54) is 16.9 Å². The summed E-state index contributed by atoms with van der Waals surface area (Å²) in [5, 5.41) is 9.58. The molecule has 32 heavy (non-hydrogen) atoms. The van der Waals surface area contributed by atoms with Gasteiger partial charge in [-0.1, -0.05) is 56.3 Å². The molecule has 0 radical (unpaired) electrons. The molecule has 0 bridgehead atoms. The highest BCUT2D eigenvalue weighted by Crippen LogP contribution is 2.26. The summed E-state index contributed by atoms with van der Waals surface area (Å²) in [4.78, 5) is 41.5. The van der Waals surface area contributed by atoms with E-state index in [1.54, 1.807) is 24.3 Å². The number of rotatable bonds is 6. The quantitative estimate of drug-likeness (QED) is 0.469. The van der Waals surface area contributed by atoms with Gasteiger partial charge in [-0.05, 0) is 17.5 Å². The Balaban J connectivity index is 1.54. The summed E-state index contributed by atoms with van der Waals surface area (Å²) in [6.07, 6.45) is 0. The molecule has 0 saturated carbocycles. The van der Waals surface area contributed by atoms with Gasteiger partial charge in [0.2, 0.25) is 5.91 Å². The first kappa shape index (κ1) is 21.4. The SMILES string of the molecule is CC(C)c1ccc(-c2csc(NC(=O)Cn3nc(C(N)=O)c4ccccc4c3=O)n2)cc1. The standard InChI is InChI=1S/C23H21N5O3S/c1-13(2)14-7-9-15(10-8-14)18-12-32-23(25-18)26-19(29)11-28-22(31)17-6-4-3-5-16(17)20(27-28)21(24)30/h3-10,12-13H,11H2,1-2H3,(H2,24,30)(H,25,26,29). The number of fused-ring (bicyclic) bond motifs is 1. The third-order valence-electron chi connectivity index (χ3n) is 5.02. The van der Waals surface area contributed by atoms with Crippen LogP contribution in [0.25, 0.3) is 22.0 Å². The van der Waals surface area contributed by atoms with Crippen LogP contribution in [0.2, 0.25) is 0 Å². The summed E-state index contributed by atoms with van der Waals surface area (Å²) in [5.41, 5.74) is 7.80. The second-order valence-electron chi connectivity index (χ2n) is 7.58. The lowest BCUT2D eigenvalue weighted by Crippen LogP contribution is -2.32. The Hall–Kier alpha value is -3.85. The molecule has 0 saturated heterocycles. The van der Waals surface area contributed by atoms with Gasteiger partial charge in [-0.15, -0.1) is 11.3 Å². The van der Waals surface area contributed by atoms with Crippen molar-refractivity contribution < 1.29 is 9.59 Å². The van der Waals surface area contributed by atoms with E-state index in [9.17, 15) is 14.4 Å². The van der Waals surface area contributed by atoms with Crippen LogP contribution >= 0.6 is 11.3 Å². The molecule has 162 valence electrons. The van der Waals surface area contributed by atoms with Crippen LogP contribution in [0.3, 0.4) is 0 Å². The maximum Gasteiger partial charge on any atom is 0.275 e. The van der Waals surface area contributed by atoms with E-state index < -0.39 is 17.4 Å². The zero-order chi connectivity index (χ0) is 22.8. The van der Waals surface area contributed by atoms with Crippen LogP contribution < -0.4 is 16.6 Å². The van der Waals surface area contributed by atoms with Gasteiger partial charge in [-0.25, -0.2) is 9.67 Å². The molecule has 2 amide bonds. The van der Waals surface area contributed by atoms with Crippen LogP contribution in [-0.4, -0.2) is 26.6 Å². The molecule has 4 rings (SSSR count). The maximum atomic E-state index is 12.7. The highest BCUT2D eigenvalue weighted by molar-refractivity contribution is 7.14. The fourth-order valence-electron chi connectivity index (χ4n) is 3.32. The van der Waals surface area contributed by atoms with Crippen molar-refractivity contribution in [2.75, 3.05) is 5.32 Å². The van der Waals surface area contributed by atoms with Crippen LogP contribution in [0, 0.1) is 0 Å². The molecule has 0 spiro atoms. The number of hydrogen-bond acceptors (Lipinski definition) is 6. The molecule has 0 aliphatic heterocycles. The van der Waals surface area contributed by atoms with Crippen molar-refractivity contribution in [1.82, 2.24) is 14.8 Å². The van der Waals surface area contributed by atoms with Crippen molar-refractivity contribution in [2.24, 2.45) is 5.73 Å². The minimum atomic E-state index is -0.775. The van der Waals surface area contributed by atoms with Gasteiger partial charge in [0.25, 0.3) is 11.5 Å². The number of carbonyl (C=O) groups excluding carboxylic acids is 2. The Morgan fingerprint density at radius 3 is 2.44 bits per heavy atom. The van der Waals surface area contributed by atoms with Gasteiger partial charge in [0.15, 0.2) is 10.8 Å². The molecule has 0 unspecified atom stereocenters. The van der Waals surface area contributed by atoms with Gasteiger partial charge in [-0.3, -0.25) is 14.4 Å². The van der Waals surface area contributed by atoms with Crippen LogP contribution in [-0.2, 0) is 11.3 Å². The number of thiazole rings is 1. The lowest BCUT2D eigenvalue weighted by Gasteiger charge is -2.09. The largest absolute Gasteiger partial charge is 0.364 e. The van der Waals surface area contributed by atoms with Crippen LogP contribution in [0.4, 0.5) is 5.13 Å². The van der Waals surface area contributed by atoms with Crippen molar-refractivity contribution in [3.05, 3.63) is 75.5 Å². The minimum Gasteiger partial charge on any atom is -0.364 e. The van der Waals surface area contributed by atoms with Gasteiger partial charge >= 0.3 is 0 Å². The molecule has 0 atom stereocenters. The highest BCUT2D eigenvalue weighted by Gasteiger charge is 2.16. The van der Waals surface area contributed by atoms with Gasteiger partial charge in [-0.2, -0.15) is 5.10 Å². The van der Waals surface area contributed by atoms with Crippen LogP contribution in [0.15, 0.2) is 58.7 Å². The van der Waals surface area contributed by atoms with E-state index in [0.717, 1.165) is 15.9 Å². The van der Waals surface area contributed by atoms with E-state index >= 15 is 0 Å². The van der Waals surface area contributed by atoms with Crippen molar-refractivity contribution in [3.8, 4) is 11.3 Å². The first-order valence-corrected chi connectivity index (χ1v) is 10.9. The monoisotopic (exact) mass is 447 g/mol. The van der Waals surface area contributed by atoms with Crippen LogP contribution in [0.1, 0.15) is 35.8 Å². The minimum absolute atomic E-state index is 0.0608. The third-order valence-corrected chi connectivity index (χ3v) is 5.78. The Kier molecular flexibility index (Phi) is 5.83. The smallest absolute Gasteiger partial charge is 0.275 e. The molecule has 0 aliphatic carbocycles. The number of nitrogens with one attached hydrogen (secondary N) is 1. The maximum absolute atomic E-state index is 12.7.